The van der Waals surface area contributed by atoms with Crippen LogP contribution in [0.1, 0.15) is 33.4 Å². The van der Waals surface area contributed by atoms with E-state index in [2.05, 4.69) is 15.2 Å². The van der Waals surface area contributed by atoms with E-state index in [4.69, 9.17) is 4.42 Å². The monoisotopic (exact) mass is 372 g/mol. The fourth-order valence-electron chi connectivity index (χ4n) is 3.67. The molecule has 3 aromatic heterocycles. The maximum Gasteiger partial charge on any atom is 0.273 e. The Bertz CT molecular complexity index is 1140. The summed E-state index contributed by atoms with van der Waals surface area (Å²) in [5, 5.41) is 17.5. The minimum atomic E-state index is -0.453. The van der Waals surface area contributed by atoms with Gasteiger partial charge in [-0.25, -0.2) is 0 Å². The number of nitrogens with one attached hydrogen (secondary N) is 1. The second-order valence-electron chi connectivity index (χ2n) is 6.59. The van der Waals surface area contributed by atoms with Crippen LogP contribution in [-0.2, 0) is 6.54 Å². The van der Waals surface area contributed by atoms with Crippen molar-refractivity contribution in [3.05, 3.63) is 89.8 Å². The van der Waals surface area contributed by atoms with Gasteiger partial charge in [0.05, 0.1) is 6.26 Å². The first kappa shape index (κ1) is 16.3. The molecule has 0 fully saturated rings. The fourth-order valence-corrected chi connectivity index (χ4v) is 3.67. The normalized spacial score (nSPS) is 15.8. The highest BCUT2D eigenvalue weighted by Gasteiger charge is 2.43. The van der Waals surface area contributed by atoms with Gasteiger partial charge in [-0.3, -0.25) is 14.9 Å². The van der Waals surface area contributed by atoms with Gasteiger partial charge in [0.15, 0.2) is 0 Å². The Morgan fingerprint density at radius 2 is 2.04 bits per heavy atom. The van der Waals surface area contributed by atoms with Gasteiger partial charge >= 0.3 is 0 Å². The maximum absolute atomic E-state index is 13.2. The van der Waals surface area contributed by atoms with Crippen LogP contribution < -0.4 is 0 Å². The number of carbonyl (C=O) groups is 1. The van der Waals surface area contributed by atoms with Gasteiger partial charge in [0.1, 0.15) is 28.9 Å². The molecule has 0 aliphatic carbocycles. The Morgan fingerprint density at radius 1 is 1.14 bits per heavy atom. The third kappa shape index (κ3) is 2.48. The molecule has 2 N–H and O–H groups in total. The third-order valence-corrected chi connectivity index (χ3v) is 4.91. The number of aromatic hydroxyl groups is 1. The molecule has 1 aliphatic rings. The number of rotatable bonds is 4. The molecular weight excluding hydrogens is 356 g/mol. The molecule has 7 heteroatoms. The third-order valence-electron chi connectivity index (χ3n) is 4.91. The lowest BCUT2D eigenvalue weighted by Gasteiger charge is -2.24. The number of amides is 1. The number of hydrogen-bond donors (Lipinski definition) is 2. The van der Waals surface area contributed by atoms with Crippen molar-refractivity contribution in [1.82, 2.24) is 20.1 Å². The molecule has 28 heavy (non-hydrogen) atoms. The molecular formula is C21H16N4O3. The number of para-hydroxylation sites is 1. The van der Waals surface area contributed by atoms with E-state index in [-0.39, 0.29) is 11.7 Å². The number of carbonyl (C=O) groups excluding carboxylic acids is 1. The largest absolute Gasteiger partial charge is 0.507 e. The number of aromatic amines is 1. The van der Waals surface area contributed by atoms with Crippen LogP contribution in [0.2, 0.25) is 0 Å². The van der Waals surface area contributed by atoms with Crippen molar-refractivity contribution in [2.45, 2.75) is 12.6 Å². The molecule has 1 amide bonds. The molecule has 0 saturated carbocycles. The van der Waals surface area contributed by atoms with Crippen LogP contribution in [0.15, 0.2) is 71.6 Å². The van der Waals surface area contributed by atoms with E-state index in [0.717, 1.165) is 5.56 Å². The molecule has 1 aliphatic heterocycles. The molecule has 0 bridgehead atoms. The number of fused-ring (bicyclic) bond motifs is 1. The first-order valence-electron chi connectivity index (χ1n) is 8.84. The van der Waals surface area contributed by atoms with Gasteiger partial charge in [-0.2, -0.15) is 5.10 Å². The second kappa shape index (κ2) is 6.38. The minimum Gasteiger partial charge on any atom is -0.507 e. The highest BCUT2D eigenvalue weighted by atomic mass is 16.3. The van der Waals surface area contributed by atoms with Gasteiger partial charge < -0.3 is 14.4 Å². The number of aromatic nitrogens is 3. The van der Waals surface area contributed by atoms with Gasteiger partial charge in [0.2, 0.25) is 0 Å². The van der Waals surface area contributed by atoms with Crippen molar-refractivity contribution in [2.75, 3.05) is 0 Å². The Hall–Kier alpha value is -3.87. The van der Waals surface area contributed by atoms with Crippen LogP contribution in [0.5, 0.6) is 5.75 Å². The quantitative estimate of drug-likeness (QED) is 0.571. The SMILES string of the molecule is O=C1c2[nH]nc(-c3ccccc3O)c2C(c2ccco2)N1Cc1cccnc1. The zero-order valence-electron chi connectivity index (χ0n) is 14.7. The average Bonchev–Trinajstić information content (AvgIpc) is 3.43. The molecule has 5 rings (SSSR count). The second-order valence-corrected chi connectivity index (χ2v) is 6.59. The van der Waals surface area contributed by atoms with E-state index in [1.807, 2.05) is 24.3 Å². The lowest BCUT2D eigenvalue weighted by molar-refractivity contribution is 0.0715. The Balaban J connectivity index is 1.65. The van der Waals surface area contributed by atoms with Gasteiger partial charge in [0, 0.05) is 30.1 Å². The summed E-state index contributed by atoms with van der Waals surface area (Å²) in [5.74, 6) is 0.566. The summed E-state index contributed by atoms with van der Waals surface area (Å²) in [6.07, 6.45) is 5.02. The lowest BCUT2D eigenvalue weighted by Crippen LogP contribution is -2.28. The molecule has 1 unspecified atom stereocenters. The van der Waals surface area contributed by atoms with Gasteiger partial charge in [-0.1, -0.05) is 18.2 Å². The lowest BCUT2D eigenvalue weighted by atomic mass is 9.99. The van der Waals surface area contributed by atoms with Crippen molar-refractivity contribution >= 4 is 5.91 Å². The van der Waals surface area contributed by atoms with E-state index in [1.165, 1.54) is 0 Å². The zero-order valence-corrected chi connectivity index (χ0v) is 14.7. The number of phenols is 1. The van der Waals surface area contributed by atoms with Crippen molar-refractivity contribution in [3.63, 3.8) is 0 Å². The summed E-state index contributed by atoms with van der Waals surface area (Å²) >= 11 is 0. The van der Waals surface area contributed by atoms with Gasteiger partial charge in [0.25, 0.3) is 5.91 Å². The Morgan fingerprint density at radius 3 is 2.79 bits per heavy atom. The van der Waals surface area contributed by atoms with E-state index in [9.17, 15) is 9.90 Å². The minimum absolute atomic E-state index is 0.105. The van der Waals surface area contributed by atoms with Gasteiger partial charge in [-0.05, 0) is 35.9 Å². The highest BCUT2D eigenvalue weighted by molar-refractivity contribution is 6.00. The molecule has 138 valence electrons. The molecule has 1 aromatic carbocycles. The summed E-state index contributed by atoms with van der Waals surface area (Å²) in [6, 6.07) is 13.9. The van der Waals surface area contributed by atoms with Crippen LogP contribution in [-0.4, -0.2) is 31.1 Å². The van der Waals surface area contributed by atoms with E-state index in [1.54, 1.807) is 47.8 Å². The average molecular weight is 372 g/mol. The van der Waals surface area contributed by atoms with Crippen LogP contribution >= 0.6 is 0 Å². The fraction of sp³-hybridized carbons (Fsp3) is 0.0952. The van der Waals surface area contributed by atoms with Crippen LogP contribution in [0.3, 0.4) is 0 Å². The van der Waals surface area contributed by atoms with Crippen molar-refractivity contribution in [2.24, 2.45) is 0 Å². The number of pyridine rings is 1. The van der Waals surface area contributed by atoms with Crippen LogP contribution in [0.25, 0.3) is 11.3 Å². The number of phenolic OH excluding ortho intramolecular Hbond substituents is 1. The van der Waals surface area contributed by atoms with E-state index < -0.39 is 6.04 Å². The first-order valence-corrected chi connectivity index (χ1v) is 8.84. The highest BCUT2D eigenvalue weighted by Crippen LogP contribution is 2.44. The molecule has 1 atom stereocenters. The number of nitrogens with zero attached hydrogens (tertiary/aromatic N) is 3. The molecule has 4 aromatic rings. The predicted octanol–water partition coefficient (Wildman–Crippen LogP) is 3.52. The summed E-state index contributed by atoms with van der Waals surface area (Å²) in [7, 11) is 0. The maximum atomic E-state index is 13.2. The van der Waals surface area contributed by atoms with Crippen molar-refractivity contribution in [1.29, 1.82) is 0 Å². The van der Waals surface area contributed by atoms with E-state index in [0.29, 0.717) is 34.8 Å². The van der Waals surface area contributed by atoms with Crippen LogP contribution in [0, 0.1) is 0 Å². The molecule has 0 saturated heterocycles. The first-order chi connectivity index (χ1) is 13.7. The Kier molecular flexibility index (Phi) is 3.72. The zero-order chi connectivity index (χ0) is 19.1. The topological polar surface area (TPSA) is 95.2 Å². The molecule has 4 heterocycles. The summed E-state index contributed by atoms with van der Waals surface area (Å²) in [6.45, 7) is 0.376. The van der Waals surface area contributed by atoms with Crippen molar-refractivity contribution in [3.8, 4) is 17.0 Å². The van der Waals surface area contributed by atoms with Gasteiger partial charge in [-0.15, -0.1) is 0 Å². The smallest absolute Gasteiger partial charge is 0.273 e. The molecule has 7 nitrogen and oxygen atoms in total. The number of furan rings is 1. The summed E-state index contributed by atoms with van der Waals surface area (Å²) in [4.78, 5) is 19.0. The molecule has 0 radical (unpaired) electrons. The van der Waals surface area contributed by atoms with E-state index >= 15 is 0 Å². The van der Waals surface area contributed by atoms with Crippen molar-refractivity contribution < 1.29 is 14.3 Å². The Labute approximate surface area is 160 Å². The van der Waals surface area contributed by atoms with Crippen LogP contribution in [0.4, 0.5) is 0 Å². The standard InChI is InChI=1S/C21H16N4O3/c26-15-7-2-1-6-14(15)18-17-19(24-23-18)21(27)25(12-13-5-3-9-22-11-13)20(17)16-8-4-10-28-16/h1-11,20,26H,12H2,(H,23,24). The number of benzene rings is 1. The summed E-state index contributed by atoms with van der Waals surface area (Å²) < 4.78 is 5.67. The summed E-state index contributed by atoms with van der Waals surface area (Å²) in [5.41, 5.74) is 3.12. The molecule has 0 spiro atoms. The number of hydrogen-bond acceptors (Lipinski definition) is 5. The number of H-pyrrole nitrogens is 1. The predicted molar refractivity (Wildman–Crippen MR) is 100 cm³/mol.